The van der Waals surface area contributed by atoms with Gasteiger partial charge in [-0.25, -0.2) is 4.98 Å². The smallest absolute Gasteiger partial charge is 0.257 e. The summed E-state index contributed by atoms with van der Waals surface area (Å²) in [7, 11) is 0. The molecule has 0 spiro atoms. The highest BCUT2D eigenvalue weighted by Gasteiger charge is 2.20. The Balaban J connectivity index is 1.96. The fraction of sp³-hybridized carbons (Fsp3) is 0.467. The van der Waals surface area contributed by atoms with E-state index in [0.717, 1.165) is 42.8 Å². The molecule has 0 unspecified atom stereocenters. The first-order valence-corrected chi connectivity index (χ1v) is 6.99. The van der Waals surface area contributed by atoms with Crippen molar-refractivity contribution in [3.05, 3.63) is 35.8 Å². The molecule has 1 fully saturated rings. The Kier molecular flexibility index (Phi) is 3.23. The molecule has 0 aliphatic carbocycles. The molecule has 2 aromatic heterocycles. The number of aryl methyl sites for hydroxylation is 1. The molecule has 19 heavy (non-hydrogen) atoms. The number of amides is 1. The number of imidazole rings is 1. The van der Waals surface area contributed by atoms with E-state index >= 15 is 0 Å². The molecular formula is C15H19N3O. The number of fused-ring (bicyclic) bond motifs is 1. The van der Waals surface area contributed by atoms with Crippen molar-refractivity contribution in [2.24, 2.45) is 0 Å². The first-order valence-electron chi connectivity index (χ1n) is 6.99. The van der Waals surface area contributed by atoms with E-state index in [0.29, 0.717) is 0 Å². The van der Waals surface area contributed by atoms with Gasteiger partial charge in [-0.15, -0.1) is 0 Å². The standard InChI is InChI=1S/C15H19N3O/c1-12-11-18-10-6-7-13(14(18)16-12)15(19)17-8-4-2-3-5-9-17/h6-7,10-11H,2-5,8-9H2,1H3. The van der Waals surface area contributed by atoms with Crippen LogP contribution in [0.25, 0.3) is 5.65 Å². The van der Waals surface area contributed by atoms with Crippen LogP contribution >= 0.6 is 0 Å². The van der Waals surface area contributed by atoms with Crippen LogP contribution in [0.3, 0.4) is 0 Å². The van der Waals surface area contributed by atoms with E-state index in [1.165, 1.54) is 12.8 Å². The number of hydrogen-bond donors (Lipinski definition) is 0. The first kappa shape index (κ1) is 12.2. The van der Waals surface area contributed by atoms with Crippen LogP contribution < -0.4 is 0 Å². The highest BCUT2D eigenvalue weighted by atomic mass is 16.2. The SMILES string of the molecule is Cc1cn2cccc(C(=O)N3CCCCCC3)c2n1. The molecule has 0 aromatic carbocycles. The molecule has 2 aromatic rings. The maximum absolute atomic E-state index is 12.6. The highest BCUT2D eigenvalue weighted by Crippen LogP contribution is 2.17. The third kappa shape index (κ3) is 2.35. The van der Waals surface area contributed by atoms with E-state index in [2.05, 4.69) is 4.98 Å². The zero-order chi connectivity index (χ0) is 13.2. The second-order valence-electron chi connectivity index (χ2n) is 5.24. The van der Waals surface area contributed by atoms with Gasteiger partial charge in [-0.3, -0.25) is 4.79 Å². The lowest BCUT2D eigenvalue weighted by atomic mass is 10.2. The van der Waals surface area contributed by atoms with E-state index in [4.69, 9.17) is 0 Å². The van der Waals surface area contributed by atoms with Gasteiger partial charge in [0.2, 0.25) is 0 Å². The van der Waals surface area contributed by atoms with Crippen LogP contribution in [0.4, 0.5) is 0 Å². The quantitative estimate of drug-likeness (QED) is 0.787. The summed E-state index contributed by atoms with van der Waals surface area (Å²) in [5.74, 6) is 0.123. The second kappa shape index (κ2) is 5.03. The summed E-state index contributed by atoms with van der Waals surface area (Å²) in [6.45, 7) is 3.70. The number of nitrogens with zero attached hydrogens (tertiary/aromatic N) is 3. The summed E-state index contributed by atoms with van der Waals surface area (Å²) in [4.78, 5) is 19.1. The van der Waals surface area contributed by atoms with Gasteiger partial charge in [0.1, 0.15) is 5.65 Å². The van der Waals surface area contributed by atoms with Crippen molar-refractivity contribution in [2.75, 3.05) is 13.1 Å². The van der Waals surface area contributed by atoms with Crippen LogP contribution in [0.15, 0.2) is 24.5 Å². The fourth-order valence-corrected chi connectivity index (χ4v) is 2.75. The number of pyridine rings is 1. The Hall–Kier alpha value is -1.84. The molecule has 1 aliphatic heterocycles. The number of hydrogen-bond acceptors (Lipinski definition) is 2. The lowest BCUT2D eigenvalue weighted by molar-refractivity contribution is 0.0763. The van der Waals surface area contributed by atoms with Gasteiger partial charge in [0, 0.05) is 25.5 Å². The fourth-order valence-electron chi connectivity index (χ4n) is 2.75. The molecule has 4 nitrogen and oxygen atoms in total. The summed E-state index contributed by atoms with van der Waals surface area (Å²) in [6.07, 6.45) is 8.58. The van der Waals surface area contributed by atoms with Crippen molar-refractivity contribution in [1.82, 2.24) is 14.3 Å². The van der Waals surface area contributed by atoms with E-state index < -0.39 is 0 Å². The van der Waals surface area contributed by atoms with E-state index in [1.807, 2.05) is 40.8 Å². The predicted molar refractivity (Wildman–Crippen MR) is 74.3 cm³/mol. The summed E-state index contributed by atoms with van der Waals surface area (Å²) < 4.78 is 1.93. The third-order valence-corrected chi connectivity index (χ3v) is 3.73. The minimum Gasteiger partial charge on any atom is -0.339 e. The Bertz CT molecular complexity index is 594. The van der Waals surface area contributed by atoms with Crippen LogP contribution in [-0.2, 0) is 0 Å². The van der Waals surface area contributed by atoms with Crippen molar-refractivity contribution >= 4 is 11.6 Å². The van der Waals surface area contributed by atoms with Gasteiger partial charge in [-0.1, -0.05) is 12.8 Å². The normalized spacial score (nSPS) is 16.6. The molecule has 4 heteroatoms. The molecule has 1 aliphatic rings. The van der Waals surface area contributed by atoms with Gasteiger partial charge in [-0.05, 0) is 31.9 Å². The average Bonchev–Trinajstić information content (AvgIpc) is 2.63. The van der Waals surface area contributed by atoms with E-state index in [-0.39, 0.29) is 5.91 Å². The van der Waals surface area contributed by atoms with Crippen LogP contribution in [0.2, 0.25) is 0 Å². The minimum atomic E-state index is 0.123. The van der Waals surface area contributed by atoms with Crippen molar-refractivity contribution in [3.63, 3.8) is 0 Å². The minimum absolute atomic E-state index is 0.123. The van der Waals surface area contributed by atoms with Gasteiger partial charge in [0.05, 0.1) is 11.3 Å². The molecule has 0 N–H and O–H groups in total. The summed E-state index contributed by atoms with van der Waals surface area (Å²) in [5, 5.41) is 0. The Morgan fingerprint density at radius 3 is 2.68 bits per heavy atom. The third-order valence-electron chi connectivity index (χ3n) is 3.73. The lowest BCUT2D eigenvalue weighted by Gasteiger charge is -2.20. The van der Waals surface area contributed by atoms with Gasteiger partial charge in [0.15, 0.2) is 0 Å². The zero-order valence-electron chi connectivity index (χ0n) is 11.3. The molecule has 0 bridgehead atoms. The van der Waals surface area contributed by atoms with E-state index in [1.54, 1.807) is 0 Å². The molecule has 0 atom stereocenters. The number of rotatable bonds is 1. The topological polar surface area (TPSA) is 37.6 Å². The maximum Gasteiger partial charge on any atom is 0.257 e. The number of carbonyl (C=O) groups is 1. The van der Waals surface area contributed by atoms with E-state index in [9.17, 15) is 4.79 Å². The predicted octanol–water partition coefficient (Wildman–Crippen LogP) is 2.66. The first-order chi connectivity index (χ1) is 9.25. The molecule has 1 amide bonds. The zero-order valence-corrected chi connectivity index (χ0v) is 11.3. The second-order valence-corrected chi connectivity index (χ2v) is 5.24. The molecule has 0 saturated carbocycles. The Morgan fingerprint density at radius 2 is 1.95 bits per heavy atom. The molecule has 3 heterocycles. The van der Waals surface area contributed by atoms with Crippen molar-refractivity contribution in [2.45, 2.75) is 32.6 Å². The van der Waals surface area contributed by atoms with Crippen molar-refractivity contribution in [3.8, 4) is 0 Å². The lowest BCUT2D eigenvalue weighted by Crippen LogP contribution is -2.32. The largest absolute Gasteiger partial charge is 0.339 e. The monoisotopic (exact) mass is 257 g/mol. The molecule has 3 rings (SSSR count). The molecule has 100 valence electrons. The molecular weight excluding hydrogens is 238 g/mol. The molecule has 0 radical (unpaired) electrons. The van der Waals surface area contributed by atoms with Crippen LogP contribution in [0.5, 0.6) is 0 Å². The number of likely N-dealkylation sites (tertiary alicyclic amines) is 1. The summed E-state index contributed by atoms with van der Waals surface area (Å²) in [6, 6.07) is 3.80. The summed E-state index contributed by atoms with van der Waals surface area (Å²) in [5.41, 5.74) is 2.43. The Morgan fingerprint density at radius 1 is 1.21 bits per heavy atom. The van der Waals surface area contributed by atoms with Crippen molar-refractivity contribution in [1.29, 1.82) is 0 Å². The van der Waals surface area contributed by atoms with Gasteiger partial charge >= 0.3 is 0 Å². The van der Waals surface area contributed by atoms with Crippen molar-refractivity contribution < 1.29 is 4.79 Å². The van der Waals surface area contributed by atoms with Crippen LogP contribution in [0, 0.1) is 6.92 Å². The highest BCUT2D eigenvalue weighted by molar-refractivity contribution is 5.99. The van der Waals surface area contributed by atoms with Crippen LogP contribution in [-0.4, -0.2) is 33.3 Å². The van der Waals surface area contributed by atoms with Crippen LogP contribution in [0.1, 0.15) is 41.7 Å². The Labute approximate surface area is 113 Å². The molecule has 1 saturated heterocycles. The maximum atomic E-state index is 12.6. The van der Waals surface area contributed by atoms with Gasteiger partial charge in [-0.2, -0.15) is 0 Å². The average molecular weight is 257 g/mol. The number of aromatic nitrogens is 2. The van der Waals surface area contributed by atoms with Gasteiger partial charge < -0.3 is 9.30 Å². The van der Waals surface area contributed by atoms with Gasteiger partial charge in [0.25, 0.3) is 5.91 Å². The number of carbonyl (C=O) groups excluding carboxylic acids is 1. The summed E-state index contributed by atoms with van der Waals surface area (Å²) >= 11 is 0.